The van der Waals surface area contributed by atoms with E-state index < -0.39 is 0 Å². The largest absolute Gasteiger partial charge is 0.378 e. The molecule has 0 unspecified atom stereocenters. The maximum Gasteiger partial charge on any atom is 0.258 e. The number of benzene rings is 1. The number of nitrogens with zero attached hydrogens (tertiary/aromatic N) is 3. The number of carbonyl (C=O) groups is 2. The van der Waals surface area contributed by atoms with Gasteiger partial charge in [0.1, 0.15) is 6.04 Å². The maximum absolute atomic E-state index is 13.2. The number of rotatable bonds is 3. The summed E-state index contributed by atoms with van der Waals surface area (Å²) in [4.78, 5) is 29.6. The zero-order chi connectivity index (χ0) is 17.9. The van der Waals surface area contributed by atoms with Crippen molar-refractivity contribution >= 4 is 11.8 Å². The number of likely N-dealkylation sites (tertiary alicyclic amines) is 1. The van der Waals surface area contributed by atoms with Crippen molar-refractivity contribution in [2.45, 2.75) is 18.9 Å². The number of nitrogens with one attached hydrogen (secondary N) is 1. The zero-order valence-corrected chi connectivity index (χ0v) is 14.6. The Morgan fingerprint density at radius 2 is 1.88 bits per heavy atom. The van der Waals surface area contributed by atoms with Gasteiger partial charge in [-0.15, -0.1) is 0 Å². The SMILES string of the molecule is O=C([C@@H]1CCCN1C(=O)c1cn[nH]c1-c1ccccc1)N1CCOCC1. The van der Waals surface area contributed by atoms with Gasteiger partial charge in [-0.2, -0.15) is 5.10 Å². The third kappa shape index (κ3) is 3.10. The lowest BCUT2D eigenvalue weighted by Crippen LogP contribution is -2.51. The van der Waals surface area contributed by atoms with Crippen LogP contribution in [0, 0.1) is 0 Å². The minimum absolute atomic E-state index is 0.0314. The number of morpholine rings is 1. The Morgan fingerprint density at radius 1 is 1.12 bits per heavy atom. The second kappa shape index (κ2) is 7.29. The van der Waals surface area contributed by atoms with E-state index in [0.717, 1.165) is 12.0 Å². The fraction of sp³-hybridized carbons (Fsp3) is 0.421. The molecule has 0 saturated carbocycles. The number of amides is 2. The van der Waals surface area contributed by atoms with Crippen LogP contribution < -0.4 is 0 Å². The van der Waals surface area contributed by atoms with Gasteiger partial charge in [-0.25, -0.2) is 0 Å². The number of aromatic nitrogens is 2. The van der Waals surface area contributed by atoms with E-state index in [1.54, 1.807) is 11.1 Å². The molecule has 2 fully saturated rings. The smallest absolute Gasteiger partial charge is 0.258 e. The van der Waals surface area contributed by atoms with E-state index in [9.17, 15) is 9.59 Å². The summed E-state index contributed by atoms with van der Waals surface area (Å²) >= 11 is 0. The van der Waals surface area contributed by atoms with Crippen LogP contribution in [0.4, 0.5) is 0 Å². The van der Waals surface area contributed by atoms with Crippen LogP contribution in [-0.4, -0.2) is 70.7 Å². The second-order valence-corrected chi connectivity index (χ2v) is 6.62. The summed E-state index contributed by atoms with van der Waals surface area (Å²) in [6.07, 6.45) is 3.10. The molecule has 1 atom stereocenters. The number of H-pyrrole nitrogens is 1. The molecule has 3 heterocycles. The summed E-state index contributed by atoms with van der Waals surface area (Å²) < 4.78 is 5.32. The molecule has 0 spiro atoms. The predicted octanol–water partition coefficient (Wildman–Crippen LogP) is 1.54. The maximum atomic E-state index is 13.2. The Balaban J connectivity index is 1.56. The van der Waals surface area contributed by atoms with E-state index in [2.05, 4.69) is 10.2 Å². The average Bonchev–Trinajstić information content (AvgIpc) is 3.38. The standard InChI is InChI=1S/C19H22N4O3/c24-18(15-13-20-21-17(15)14-5-2-1-3-6-14)23-8-4-7-16(23)19(25)22-9-11-26-12-10-22/h1-3,5-6,13,16H,4,7-12H2,(H,20,21)/t16-/m0/s1. The van der Waals surface area contributed by atoms with E-state index in [4.69, 9.17) is 4.74 Å². The third-order valence-corrected chi connectivity index (χ3v) is 5.05. The van der Waals surface area contributed by atoms with E-state index in [1.807, 2.05) is 35.2 Å². The van der Waals surface area contributed by atoms with Crippen molar-refractivity contribution in [3.63, 3.8) is 0 Å². The van der Waals surface area contributed by atoms with Gasteiger partial charge >= 0.3 is 0 Å². The molecule has 136 valence electrons. The molecule has 4 rings (SSSR count). The lowest BCUT2D eigenvalue weighted by molar-refractivity contribution is -0.139. The number of hydrogen-bond donors (Lipinski definition) is 1. The van der Waals surface area contributed by atoms with Crippen LogP contribution in [0.15, 0.2) is 36.5 Å². The summed E-state index contributed by atoms with van der Waals surface area (Å²) in [6, 6.07) is 9.25. The van der Waals surface area contributed by atoms with E-state index in [0.29, 0.717) is 50.5 Å². The van der Waals surface area contributed by atoms with Gasteiger partial charge in [-0.1, -0.05) is 30.3 Å². The molecule has 2 saturated heterocycles. The van der Waals surface area contributed by atoms with Gasteiger partial charge in [0.15, 0.2) is 0 Å². The molecule has 0 radical (unpaired) electrons. The number of carbonyl (C=O) groups excluding carboxylic acids is 2. The Kier molecular flexibility index (Phi) is 4.71. The quantitative estimate of drug-likeness (QED) is 0.907. The van der Waals surface area contributed by atoms with E-state index in [-0.39, 0.29) is 17.9 Å². The molecule has 1 aromatic carbocycles. The summed E-state index contributed by atoms with van der Waals surface area (Å²) in [6.45, 7) is 2.91. The third-order valence-electron chi connectivity index (χ3n) is 5.05. The van der Waals surface area contributed by atoms with Gasteiger partial charge in [0.2, 0.25) is 5.91 Å². The van der Waals surface area contributed by atoms with E-state index in [1.165, 1.54) is 0 Å². The van der Waals surface area contributed by atoms with E-state index >= 15 is 0 Å². The van der Waals surface area contributed by atoms with Crippen LogP contribution in [-0.2, 0) is 9.53 Å². The fourth-order valence-electron chi connectivity index (χ4n) is 3.69. The van der Waals surface area contributed by atoms with Gasteiger partial charge in [-0.3, -0.25) is 14.7 Å². The van der Waals surface area contributed by atoms with Crippen molar-refractivity contribution in [2.75, 3.05) is 32.8 Å². The highest BCUT2D eigenvalue weighted by Crippen LogP contribution is 2.27. The van der Waals surface area contributed by atoms with Crippen LogP contribution in [0.5, 0.6) is 0 Å². The van der Waals surface area contributed by atoms with Gasteiger partial charge < -0.3 is 14.5 Å². The highest BCUT2D eigenvalue weighted by Gasteiger charge is 2.38. The van der Waals surface area contributed by atoms with Crippen molar-refractivity contribution in [1.29, 1.82) is 0 Å². The predicted molar refractivity (Wildman–Crippen MR) is 95.5 cm³/mol. The Bertz CT molecular complexity index is 783. The first-order valence-electron chi connectivity index (χ1n) is 9.02. The van der Waals surface area contributed by atoms with Crippen LogP contribution in [0.3, 0.4) is 0 Å². The molecule has 2 amide bonds. The molecule has 0 bridgehead atoms. The molecule has 2 aliphatic rings. The minimum Gasteiger partial charge on any atom is -0.378 e. The molecule has 26 heavy (non-hydrogen) atoms. The van der Waals surface area contributed by atoms with Crippen molar-refractivity contribution < 1.29 is 14.3 Å². The number of hydrogen-bond acceptors (Lipinski definition) is 4. The van der Waals surface area contributed by atoms with Gasteiger partial charge in [-0.05, 0) is 12.8 Å². The average molecular weight is 354 g/mol. The molecule has 7 heteroatoms. The summed E-state index contributed by atoms with van der Waals surface area (Å²) in [5, 5.41) is 6.99. The van der Waals surface area contributed by atoms with Crippen molar-refractivity contribution in [3.8, 4) is 11.3 Å². The number of ether oxygens (including phenoxy) is 1. The zero-order valence-electron chi connectivity index (χ0n) is 14.6. The van der Waals surface area contributed by atoms with Crippen LogP contribution in [0.25, 0.3) is 11.3 Å². The normalized spacial score (nSPS) is 20.4. The van der Waals surface area contributed by atoms with Crippen LogP contribution in [0.2, 0.25) is 0 Å². The summed E-state index contributed by atoms with van der Waals surface area (Å²) in [5.41, 5.74) is 2.11. The first-order chi connectivity index (χ1) is 12.8. The number of aromatic amines is 1. The molecular formula is C19H22N4O3. The molecule has 0 aliphatic carbocycles. The lowest BCUT2D eigenvalue weighted by Gasteiger charge is -2.32. The first kappa shape index (κ1) is 16.8. The first-order valence-corrected chi connectivity index (χ1v) is 9.02. The Hall–Kier alpha value is -2.67. The molecule has 1 N–H and O–H groups in total. The summed E-state index contributed by atoms with van der Waals surface area (Å²) in [5.74, 6) is -0.106. The second-order valence-electron chi connectivity index (χ2n) is 6.62. The molecule has 2 aliphatic heterocycles. The fourth-order valence-corrected chi connectivity index (χ4v) is 3.69. The highest BCUT2D eigenvalue weighted by atomic mass is 16.5. The van der Waals surface area contributed by atoms with Crippen molar-refractivity contribution in [1.82, 2.24) is 20.0 Å². The Morgan fingerprint density at radius 3 is 2.65 bits per heavy atom. The van der Waals surface area contributed by atoms with Gasteiger partial charge in [0.05, 0.1) is 30.7 Å². The molecule has 7 nitrogen and oxygen atoms in total. The summed E-state index contributed by atoms with van der Waals surface area (Å²) in [7, 11) is 0. The Labute approximate surface area is 151 Å². The topological polar surface area (TPSA) is 78.5 Å². The van der Waals surface area contributed by atoms with Gasteiger partial charge in [0.25, 0.3) is 5.91 Å². The van der Waals surface area contributed by atoms with Crippen molar-refractivity contribution in [2.24, 2.45) is 0 Å². The lowest BCUT2D eigenvalue weighted by atomic mass is 10.1. The van der Waals surface area contributed by atoms with Crippen LogP contribution in [0.1, 0.15) is 23.2 Å². The van der Waals surface area contributed by atoms with Gasteiger partial charge in [0, 0.05) is 25.2 Å². The van der Waals surface area contributed by atoms with Crippen molar-refractivity contribution in [3.05, 3.63) is 42.1 Å². The molecule has 1 aromatic heterocycles. The monoisotopic (exact) mass is 354 g/mol. The van der Waals surface area contributed by atoms with Crippen LogP contribution >= 0.6 is 0 Å². The highest BCUT2D eigenvalue weighted by molar-refractivity contribution is 6.02. The minimum atomic E-state index is -0.390. The molecule has 2 aromatic rings. The molecular weight excluding hydrogens is 332 g/mol.